The molecule has 9 heteroatoms. The fraction of sp³-hybridized carbons (Fsp3) is 0.412. The van der Waals surface area contributed by atoms with Crippen molar-refractivity contribution >= 4 is 17.8 Å². The summed E-state index contributed by atoms with van der Waals surface area (Å²) in [5.74, 6) is 0.264. The van der Waals surface area contributed by atoms with E-state index in [4.69, 9.17) is 14.7 Å². The molecule has 0 spiro atoms. The fourth-order valence-electron chi connectivity index (χ4n) is 2.93. The maximum atomic E-state index is 12.7. The molecule has 2 N–H and O–H groups in total. The molecule has 1 fully saturated rings. The van der Waals surface area contributed by atoms with Gasteiger partial charge in [-0.25, -0.2) is 4.79 Å². The summed E-state index contributed by atoms with van der Waals surface area (Å²) in [6.07, 6.45) is 0.411. The fourth-order valence-corrected chi connectivity index (χ4v) is 2.93. The van der Waals surface area contributed by atoms with Crippen LogP contribution in [-0.2, 0) is 16.0 Å². The molecule has 0 bridgehead atoms. The number of nitrogens with zero attached hydrogens (tertiary/aromatic N) is 2. The molecular formula is C17H18N4O5. The Labute approximate surface area is 149 Å². The lowest BCUT2D eigenvalue weighted by Crippen LogP contribution is -2.46. The lowest BCUT2D eigenvalue weighted by molar-refractivity contribution is -0.134. The van der Waals surface area contributed by atoms with Crippen LogP contribution in [0, 0.1) is 11.3 Å². The summed E-state index contributed by atoms with van der Waals surface area (Å²) in [5, 5.41) is 13.6. The molecule has 2 aliphatic heterocycles. The Hall–Kier alpha value is -3.28. The van der Waals surface area contributed by atoms with Crippen molar-refractivity contribution in [2.24, 2.45) is 0 Å². The first kappa shape index (κ1) is 17.5. The number of carbonyl (C=O) groups is 3. The first-order valence-electron chi connectivity index (χ1n) is 8.09. The van der Waals surface area contributed by atoms with Gasteiger partial charge < -0.3 is 20.1 Å². The van der Waals surface area contributed by atoms with Crippen molar-refractivity contribution in [2.45, 2.75) is 25.3 Å². The van der Waals surface area contributed by atoms with Crippen molar-refractivity contribution in [3.63, 3.8) is 0 Å². The van der Waals surface area contributed by atoms with Crippen LogP contribution in [-0.4, -0.2) is 48.2 Å². The van der Waals surface area contributed by atoms with E-state index in [-0.39, 0.29) is 32.7 Å². The molecule has 3 rings (SSSR count). The van der Waals surface area contributed by atoms with E-state index in [0.29, 0.717) is 11.5 Å². The lowest BCUT2D eigenvalue weighted by atomic mass is 9.92. The summed E-state index contributed by atoms with van der Waals surface area (Å²) in [4.78, 5) is 37.6. The maximum absolute atomic E-state index is 12.7. The minimum atomic E-state index is -1.16. The van der Waals surface area contributed by atoms with Crippen molar-refractivity contribution in [3.8, 4) is 17.6 Å². The number of hydrogen-bond donors (Lipinski definition) is 2. The van der Waals surface area contributed by atoms with Gasteiger partial charge in [0.25, 0.3) is 5.91 Å². The van der Waals surface area contributed by atoms with Crippen LogP contribution in [0.4, 0.5) is 4.79 Å². The van der Waals surface area contributed by atoms with Crippen LogP contribution in [0.2, 0.25) is 0 Å². The van der Waals surface area contributed by atoms with Crippen LogP contribution < -0.4 is 20.1 Å². The van der Waals surface area contributed by atoms with Gasteiger partial charge in [-0.3, -0.25) is 14.5 Å². The average Bonchev–Trinajstić information content (AvgIpc) is 3.13. The topological polar surface area (TPSA) is 121 Å². The first-order chi connectivity index (χ1) is 12.4. The molecule has 2 aliphatic rings. The molecule has 1 aromatic carbocycles. The van der Waals surface area contributed by atoms with Gasteiger partial charge in [-0.1, -0.05) is 6.07 Å². The van der Waals surface area contributed by atoms with E-state index in [1.165, 1.54) is 0 Å². The molecular weight excluding hydrogens is 340 g/mol. The highest BCUT2D eigenvalue weighted by Gasteiger charge is 2.48. The first-order valence-corrected chi connectivity index (χ1v) is 8.09. The van der Waals surface area contributed by atoms with Crippen molar-refractivity contribution in [1.29, 1.82) is 5.26 Å². The third-order valence-electron chi connectivity index (χ3n) is 4.20. The van der Waals surface area contributed by atoms with Gasteiger partial charge in [0.15, 0.2) is 11.5 Å². The Morgan fingerprint density at radius 2 is 2.15 bits per heavy atom. The van der Waals surface area contributed by atoms with Crippen molar-refractivity contribution in [1.82, 2.24) is 15.5 Å². The number of fused-ring (bicyclic) bond motifs is 1. The summed E-state index contributed by atoms with van der Waals surface area (Å²) in [6, 6.07) is 6.60. The lowest BCUT2D eigenvalue weighted by Gasteiger charge is -2.21. The molecule has 26 heavy (non-hydrogen) atoms. The zero-order valence-corrected chi connectivity index (χ0v) is 14.2. The molecule has 1 atom stereocenters. The number of amides is 4. The quantitative estimate of drug-likeness (QED) is 0.557. The number of urea groups is 1. The summed E-state index contributed by atoms with van der Waals surface area (Å²) >= 11 is 0. The van der Waals surface area contributed by atoms with E-state index >= 15 is 0 Å². The third-order valence-corrected chi connectivity index (χ3v) is 4.20. The second kappa shape index (κ2) is 6.92. The standard InChI is InChI=1S/C17H18N4O5/c1-17(8-11-3-4-12-13(7-11)26-10-25-12)15(23)21(16(24)20-17)9-14(22)19-6-2-5-18/h3-4,7H,2,6,8-10H2,1H3,(H,19,22)(H,20,24)/t17-/m1/s1. The SMILES string of the molecule is C[C@]1(Cc2ccc3c(c2)OCO3)NC(=O)N(CC(=O)NCCC#N)C1=O. The monoisotopic (exact) mass is 358 g/mol. The Morgan fingerprint density at radius 3 is 2.92 bits per heavy atom. The number of nitriles is 1. The normalized spacial score (nSPS) is 20.7. The molecule has 0 aliphatic carbocycles. The van der Waals surface area contributed by atoms with Crippen molar-refractivity contribution in [3.05, 3.63) is 23.8 Å². The van der Waals surface area contributed by atoms with Crippen LogP contribution in [0.5, 0.6) is 11.5 Å². The summed E-state index contributed by atoms with van der Waals surface area (Å²) in [7, 11) is 0. The van der Waals surface area contributed by atoms with Crippen LogP contribution in [0.1, 0.15) is 18.9 Å². The maximum Gasteiger partial charge on any atom is 0.325 e. The van der Waals surface area contributed by atoms with Crippen molar-refractivity contribution < 1.29 is 23.9 Å². The number of hydrogen-bond acceptors (Lipinski definition) is 6. The van der Waals surface area contributed by atoms with Gasteiger partial charge in [0.1, 0.15) is 12.1 Å². The zero-order chi connectivity index (χ0) is 18.7. The van der Waals surface area contributed by atoms with Gasteiger partial charge in [0, 0.05) is 13.0 Å². The molecule has 0 radical (unpaired) electrons. The van der Waals surface area contributed by atoms with E-state index in [1.807, 2.05) is 6.07 Å². The van der Waals surface area contributed by atoms with Gasteiger partial charge in [-0.05, 0) is 24.6 Å². The summed E-state index contributed by atoms with van der Waals surface area (Å²) in [6.45, 7) is 1.56. The molecule has 4 amide bonds. The highest BCUT2D eigenvalue weighted by atomic mass is 16.7. The Kier molecular flexibility index (Phi) is 4.67. The van der Waals surface area contributed by atoms with Gasteiger partial charge in [-0.15, -0.1) is 0 Å². The number of nitrogens with one attached hydrogen (secondary N) is 2. The van der Waals surface area contributed by atoms with Crippen LogP contribution >= 0.6 is 0 Å². The summed E-state index contributed by atoms with van der Waals surface area (Å²) in [5.41, 5.74) is -0.358. The van der Waals surface area contributed by atoms with E-state index in [0.717, 1.165) is 10.5 Å². The van der Waals surface area contributed by atoms with E-state index in [9.17, 15) is 14.4 Å². The highest BCUT2D eigenvalue weighted by molar-refractivity contribution is 6.08. The van der Waals surface area contributed by atoms with E-state index < -0.39 is 23.4 Å². The molecule has 9 nitrogen and oxygen atoms in total. The molecule has 1 saturated heterocycles. The van der Waals surface area contributed by atoms with Gasteiger partial charge in [0.05, 0.1) is 12.5 Å². The molecule has 136 valence electrons. The number of carbonyl (C=O) groups excluding carboxylic acids is 3. The number of benzene rings is 1. The van der Waals surface area contributed by atoms with Crippen LogP contribution in [0.25, 0.3) is 0 Å². The van der Waals surface area contributed by atoms with Crippen LogP contribution in [0.3, 0.4) is 0 Å². The minimum absolute atomic E-state index is 0.153. The van der Waals surface area contributed by atoms with Crippen LogP contribution in [0.15, 0.2) is 18.2 Å². The number of imide groups is 1. The number of rotatable bonds is 6. The number of ether oxygens (including phenoxy) is 2. The minimum Gasteiger partial charge on any atom is -0.454 e. The highest BCUT2D eigenvalue weighted by Crippen LogP contribution is 2.34. The largest absolute Gasteiger partial charge is 0.454 e. The third kappa shape index (κ3) is 3.39. The predicted molar refractivity (Wildman–Crippen MR) is 88.2 cm³/mol. The molecule has 0 aromatic heterocycles. The second-order valence-corrected chi connectivity index (χ2v) is 6.28. The molecule has 0 unspecified atom stereocenters. The van der Waals surface area contributed by atoms with E-state index in [1.54, 1.807) is 25.1 Å². The second-order valence-electron chi connectivity index (χ2n) is 6.28. The Bertz CT molecular complexity index is 803. The van der Waals surface area contributed by atoms with Gasteiger partial charge in [-0.2, -0.15) is 5.26 Å². The van der Waals surface area contributed by atoms with Crippen molar-refractivity contribution in [2.75, 3.05) is 19.9 Å². The molecule has 0 saturated carbocycles. The zero-order valence-electron chi connectivity index (χ0n) is 14.2. The van der Waals surface area contributed by atoms with Gasteiger partial charge in [0.2, 0.25) is 12.7 Å². The Balaban J connectivity index is 1.67. The Morgan fingerprint density at radius 1 is 1.38 bits per heavy atom. The van der Waals surface area contributed by atoms with Gasteiger partial charge >= 0.3 is 6.03 Å². The van der Waals surface area contributed by atoms with E-state index in [2.05, 4.69) is 10.6 Å². The molecule has 2 heterocycles. The average molecular weight is 358 g/mol. The summed E-state index contributed by atoms with van der Waals surface area (Å²) < 4.78 is 10.6. The molecule has 1 aromatic rings. The predicted octanol–water partition coefficient (Wildman–Crippen LogP) is 0.298. The smallest absolute Gasteiger partial charge is 0.325 e.